The summed E-state index contributed by atoms with van der Waals surface area (Å²) in [5.74, 6) is -0.877. The third-order valence-corrected chi connectivity index (χ3v) is 4.63. The maximum Gasteiger partial charge on any atom is 0.256 e. The standard InChI is InChI=1S/C19H17FN4O2/c1-12-10-14(20)3-4-15(12)17-18(25)22-7-9-24(17)19(26)13-2-5-16-21-6-8-23(16)11-13/h2-6,8,10-11,17H,7,9H2,1H3,(H,22,25). The number of hydrogen-bond donors (Lipinski definition) is 1. The van der Waals surface area contributed by atoms with Gasteiger partial charge in [0.25, 0.3) is 5.91 Å². The first-order chi connectivity index (χ1) is 12.5. The fourth-order valence-electron chi connectivity index (χ4n) is 3.35. The van der Waals surface area contributed by atoms with E-state index in [2.05, 4.69) is 10.3 Å². The molecule has 1 fully saturated rings. The predicted octanol–water partition coefficient (Wildman–Crippen LogP) is 2.10. The minimum absolute atomic E-state index is 0.246. The zero-order valence-electron chi connectivity index (χ0n) is 14.1. The molecule has 1 aliphatic heterocycles. The molecule has 0 saturated carbocycles. The second-order valence-electron chi connectivity index (χ2n) is 6.30. The molecule has 0 bridgehead atoms. The van der Waals surface area contributed by atoms with Gasteiger partial charge in [0.1, 0.15) is 17.5 Å². The fourth-order valence-corrected chi connectivity index (χ4v) is 3.35. The minimum Gasteiger partial charge on any atom is -0.352 e. The number of piperazine rings is 1. The van der Waals surface area contributed by atoms with Gasteiger partial charge in [0.15, 0.2) is 0 Å². The number of carbonyl (C=O) groups excluding carboxylic acids is 2. The Labute approximate surface area is 149 Å². The maximum absolute atomic E-state index is 13.5. The quantitative estimate of drug-likeness (QED) is 0.768. The highest BCUT2D eigenvalue weighted by Gasteiger charge is 2.35. The van der Waals surface area contributed by atoms with Crippen molar-refractivity contribution in [2.24, 2.45) is 0 Å². The first-order valence-corrected chi connectivity index (χ1v) is 8.32. The van der Waals surface area contributed by atoms with Crippen LogP contribution in [0.3, 0.4) is 0 Å². The van der Waals surface area contributed by atoms with Crippen LogP contribution < -0.4 is 5.32 Å². The molecule has 26 heavy (non-hydrogen) atoms. The summed E-state index contributed by atoms with van der Waals surface area (Å²) in [6.45, 7) is 2.50. The number of benzene rings is 1. The van der Waals surface area contributed by atoms with Crippen molar-refractivity contribution in [3.05, 3.63) is 71.4 Å². The van der Waals surface area contributed by atoms with Crippen molar-refractivity contribution in [3.8, 4) is 0 Å². The van der Waals surface area contributed by atoms with E-state index in [-0.39, 0.29) is 17.6 Å². The van der Waals surface area contributed by atoms with Gasteiger partial charge in [-0.2, -0.15) is 0 Å². The predicted molar refractivity (Wildman–Crippen MR) is 93.1 cm³/mol. The fraction of sp³-hybridized carbons (Fsp3) is 0.211. The summed E-state index contributed by atoms with van der Waals surface area (Å²) in [5, 5.41) is 2.79. The van der Waals surface area contributed by atoms with E-state index in [9.17, 15) is 14.0 Å². The Morgan fingerprint density at radius 1 is 1.31 bits per heavy atom. The molecule has 4 rings (SSSR count). The highest BCUT2D eigenvalue weighted by atomic mass is 19.1. The van der Waals surface area contributed by atoms with Crippen molar-refractivity contribution in [3.63, 3.8) is 0 Å². The lowest BCUT2D eigenvalue weighted by molar-refractivity contribution is -0.128. The molecule has 7 heteroatoms. The molecule has 6 nitrogen and oxygen atoms in total. The van der Waals surface area contributed by atoms with Crippen LogP contribution in [-0.4, -0.2) is 39.2 Å². The molecule has 3 aromatic rings. The summed E-state index contributed by atoms with van der Waals surface area (Å²) in [4.78, 5) is 31.3. The summed E-state index contributed by atoms with van der Waals surface area (Å²) in [6, 6.07) is 6.93. The number of carbonyl (C=O) groups is 2. The van der Waals surface area contributed by atoms with Crippen LogP contribution in [0.5, 0.6) is 0 Å². The van der Waals surface area contributed by atoms with Crippen LogP contribution in [0.1, 0.15) is 27.5 Å². The zero-order chi connectivity index (χ0) is 18.3. The third-order valence-electron chi connectivity index (χ3n) is 4.63. The topological polar surface area (TPSA) is 66.7 Å². The highest BCUT2D eigenvalue weighted by Crippen LogP contribution is 2.28. The van der Waals surface area contributed by atoms with E-state index in [0.717, 1.165) is 5.65 Å². The van der Waals surface area contributed by atoms with Crippen LogP contribution in [0.15, 0.2) is 48.9 Å². The van der Waals surface area contributed by atoms with Crippen LogP contribution in [0, 0.1) is 12.7 Å². The van der Waals surface area contributed by atoms with E-state index in [1.807, 2.05) is 0 Å². The van der Waals surface area contributed by atoms with Gasteiger partial charge in [-0.3, -0.25) is 9.59 Å². The smallest absolute Gasteiger partial charge is 0.256 e. The highest BCUT2D eigenvalue weighted by molar-refractivity contribution is 5.98. The van der Waals surface area contributed by atoms with E-state index in [1.165, 1.54) is 17.0 Å². The minimum atomic E-state index is -0.782. The van der Waals surface area contributed by atoms with Gasteiger partial charge in [-0.25, -0.2) is 9.37 Å². The Balaban J connectivity index is 1.74. The number of fused-ring (bicyclic) bond motifs is 1. The SMILES string of the molecule is Cc1cc(F)ccc1C1C(=O)NCCN1C(=O)c1ccc2nccn2c1. The summed E-state index contributed by atoms with van der Waals surface area (Å²) in [5.41, 5.74) is 2.47. The molecule has 1 N–H and O–H groups in total. The van der Waals surface area contributed by atoms with Gasteiger partial charge in [-0.15, -0.1) is 0 Å². The van der Waals surface area contributed by atoms with Gasteiger partial charge >= 0.3 is 0 Å². The number of imidazole rings is 1. The van der Waals surface area contributed by atoms with Crippen LogP contribution in [0.4, 0.5) is 4.39 Å². The molecule has 1 unspecified atom stereocenters. The number of pyridine rings is 1. The largest absolute Gasteiger partial charge is 0.352 e. The summed E-state index contributed by atoms with van der Waals surface area (Å²) < 4.78 is 15.2. The van der Waals surface area contributed by atoms with Crippen LogP contribution in [0.2, 0.25) is 0 Å². The Kier molecular flexibility index (Phi) is 3.91. The number of hydrogen-bond acceptors (Lipinski definition) is 3. The summed E-state index contributed by atoms with van der Waals surface area (Å²) in [6.07, 6.45) is 5.12. The normalized spacial score (nSPS) is 17.4. The molecule has 2 aromatic heterocycles. The average molecular weight is 352 g/mol. The molecule has 1 atom stereocenters. The van der Waals surface area contributed by atoms with E-state index in [4.69, 9.17) is 0 Å². The van der Waals surface area contributed by atoms with Gasteiger partial charge in [0.05, 0.1) is 5.56 Å². The first kappa shape index (κ1) is 16.3. The second-order valence-corrected chi connectivity index (χ2v) is 6.30. The molecule has 1 aliphatic rings. The molecule has 1 aromatic carbocycles. The molecular weight excluding hydrogens is 335 g/mol. The molecule has 0 aliphatic carbocycles. The molecule has 0 radical (unpaired) electrons. The van der Waals surface area contributed by atoms with Gasteiger partial charge in [0.2, 0.25) is 5.91 Å². The number of nitrogens with zero attached hydrogens (tertiary/aromatic N) is 3. The van der Waals surface area contributed by atoms with E-state index < -0.39 is 6.04 Å². The Bertz CT molecular complexity index is 1010. The number of aryl methyl sites for hydroxylation is 1. The third kappa shape index (κ3) is 2.71. The molecule has 2 amide bonds. The molecule has 3 heterocycles. The zero-order valence-corrected chi connectivity index (χ0v) is 14.1. The molecule has 1 saturated heterocycles. The van der Waals surface area contributed by atoms with E-state index in [0.29, 0.717) is 29.8 Å². The number of nitrogens with one attached hydrogen (secondary N) is 1. The number of rotatable bonds is 2. The maximum atomic E-state index is 13.5. The van der Waals surface area contributed by atoms with E-state index >= 15 is 0 Å². The lowest BCUT2D eigenvalue weighted by Gasteiger charge is -2.36. The van der Waals surface area contributed by atoms with Gasteiger partial charge < -0.3 is 14.6 Å². The van der Waals surface area contributed by atoms with E-state index in [1.54, 1.807) is 48.1 Å². The number of aromatic nitrogens is 2. The molecule has 0 spiro atoms. The first-order valence-electron chi connectivity index (χ1n) is 8.32. The Hall–Kier alpha value is -3.22. The van der Waals surface area contributed by atoms with Crippen LogP contribution in [-0.2, 0) is 4.79 Å². The Morgan fingerprint density at radius 2 is 2.15 bits per heavy atom. The molecule has 132 valence electrons. The van der Waals surface area contributed by atoms with Crippen molar-refractivity contribution in [2.45, 2.75) is 13.0 Å². The molecular formula is C19H17FN4O2. The van der Waals surface area contributed by atoms with Crippen molar-refractivity contribution in [1.82, 2.24) is 19.6 Å². The van der Waals surface area contributed by atoms with Crippen LogP contribution >= 0.6 is 0 Å². The number of amides is 2. The Morgan fingerprint density at radius 3 is 2.96 bits per heavy atom. The summed E-state index contributed by atoms with van der Waals surface area (Å²) >= 11 is 0. The average Bonchev–Trinajstić information content (AvgIpc) is 3.09. The van der Waals surface area contributed by atoms with Gasteiger partial charge in [-0.05, 0) is 42.3 Å². The van der Waals surface area contributed by atoms with Crippen molar-refractivity contribution < 1.29 is 14.0 Å². The van der Waals surface area contributed by atoms with Crippen molar-refractivity contribution in [2.75, 3.05) is 13.1 Å². The second kappa shape index (κ2) is 6.25. The lowest BCUT2D eigenvalue weighted by atomic mass is 9.97. The van der Waals surface area contributed by atoms with Crippen molar-refractivity contribution >= 4 is 17.5 Å². The van der Waals surface area contributed by atoms with Crippen LogP contribution in [0.25, 0.3) is 5.65 Å². The van der Waals surface area contributed by atoms with Crippen molar-refractivity contribution in [1.29, 1.82) is 0 Å². The van der Waals surface area contributed by atoms with Gasteiger partial charge in [0, 0.05) is 31.7 Å². The number of halogens is 1. The monoisotopic (exact) mass is 352 g/mol. The lowest BCUT2D eigenvalue weighted by Crippen LogP contribution is -2.52. The van der Waals surface area contributed by atoms with Gasteiger partial charge in [-0.1, -0.05) is 6.07 Å². The summed E-state index contributed by atoms with van der Waals surface area (Å²) in [7, 11) is 0.